The number of rotatable bonds is 8. The first-order valence-corrected chi connectivity index (χ1v) is 15.1. The molecule has 1 unspecified atom stereocenters. The van der Waals surface area contributed by atoms with Crippen LogP contribution in [-0.2, 0) is 10.7 Å². The highest BCUT2D eigenvalue weighted by Gasteiger charge is 2.25. The van der Waals surface area contributed by atoms with Gasteiger partial charge in [-0.3, -0.25) is 4.79 Å². The third-order valence-electron chi connectivity index (χ3n) is 8.36. The molecule has 1 amide bonds. The van der Waals surface area contributed by atoms with Crippen molar-refractivity contribution in [1.29, 1.82) is 0 Å². The molecular weight excluding hydrogens is 530 g/mol. The number of amides is 1. The number of alkyl halides is 2. The normalized spacial score (nSPS) is 20.9. The van der Waals surface area contributed by atoms with Crippen molar-refractivity contribution in [3.8, 4) is 0 Å². The number of halogens is 2. The number of anilines is 1. The van der Waals surface area contributed by atoms with Gasteiger partial charge >= 0.3 is 0 Å². The summed E-state index contributed by atoms with van der Waals surface area (Å²) in [6, 6.07) is 19.1. The van der Waals surface area contributed by atoms with Crippen LogP contribution >= 0.6 is 0 Å². The zero-order valence-corrected chi connectivity index (χ0v) is 24.4. The SMILES string of the molecule is CC(F)(F)c1cccc(/C2=C/CC(CCCC(=O)N3CCN(c4ncccn4)CC3)/C(c3ccccc3)=C\CCC2)c1. The standard InChI is InChI=1S/C35H40F2N4O/c1-35(36,37)31-15-7-14-30(26-31)27-10-5-6-16-32(28-11-3-2-4-12-28)29(19-18-27)13-8-17-33(42)40-22-24-41(25-23-40)34-38-20-9-21-39-34/h2-4,7,9,11-12,14-16,18,20-21,26,29H,5-6,8,10,13,17,19,22-25H2,1H3/b27-18+,32-16-. The molecule has 1 aromatic heterocycles. The van der Waals surface area contributed by atoms with Crippen LogP contribution in [0, 0.1) is 5.92 Å². The van der Waals surface area contributed by atoms with Gasteiger partial charge in [0.15, 0.2) is 0 Å². The number of carbonyl (C=O) groups is 1. The first kappa shape index (κ1) is 29.6. The van der Waals surface area contributed by atoms with Crippen LogP contribution in [0.3, 0.4) is 0 Å². The maximum absolute atomic E-state index is 14.1. The minimum atomic E-state index is -2.87. The van der Waals surface area contributed by atoms with Crippen LogP contribution in [0.1, 0.15) is 68.6 Å². The summed E-state index contributed by atoms with van der Waals surface area (Å²) in [5, 5.41) is 0. The second-order valence-electron chi connectivity index (χ2n) is 11.4. The number of benzene rings is 2. The fourth-order valence-electron chi connectivity index (χ4n) is 6.01. The second-order valence-corrected chi connectivity index (χ2v) is 11.4. The van der Waals surface area contributed by atoms with E-state index in [2.05, 4.69) is 51.3 Å². The quantitative estimate of drug-likeness (QED) is 0.278. The van der Waals surface area contributed by atoms with E-state index in [-0.39, 0.29) is 17.4 Å². The largest absolute Gasteiger partial charge is 0.339 e. The van der Waals surface area contributed by atoms with Crippen LogP contribution in [0.4, 0.5) is 14.7 Å². The molecule has 2 aliphatic rings. The molecule has 0 N–H and O–H groups in total. The second kappa shape index (κ2) is 13.9. The molecule has 220 valence electrons. The minimum absolute atomic E-state index is 0.0519. The van der Waals surface area contributed by atoms with Crippen LogP contribution in [0.25, 0.3) is 11.1 Å². The molecule has 2 heterocycles. The fourth-order valence-corrected chi connectivity index (χ4v) is 6.01. The molecule has 2 aromatic carbocycles. The van der Waals surface area contributed by atoms with Crippen LogP contribution < -0.4 is 4.90 Å². The fraction of sp³-hybridized carbons (Fsp3) is 0.400. The van der Waals surface area contributed by atoms with Crippen molar-refractivity contribution < 1.29 is 13.6 Å². The number of hydrogen-bond donors (Lipinski definition) is 0. The summed E-state index contributed by atoms with van der Waals surface area (Å²) in [4.78, 5) is 25.9. The zero-order valence-electron chi connectivity index (χ0n) is 24.4. The van der Waals surface area contributed by atoms with Gasteiger partial charge in [-0.2, -0.15) is 0 Å². The van der Waals surface area contributed by atoms with E-state index in [4.69, 9.17) is 0 Å². The highest BCUT2D eigenvalue weighted by atomic mass is 19.3. The monoisotopic (exact) mass is 570 g/mol. The summed E-state index contributed by atoms with van der Waals surface area (Å²) in [6.45, 7) is 3.78. The van der Waals surface area contributed by atoms with Crippen molar-refractivity contribution in [3.63, 3.8) is 0 Å². The summed E-state index contributed by atoms with van der Waals surface area (Å²) in [5.74, 6) is -1.71. The molecule has 5 rings (SSSR count). The van der Waals surface area contributed by atoms with Crippen molar-refractivity contribution in [2.45, 2.75) is 57.8 Å². The smallest absolute Gasteiger partial charge is 0.270 e. The van der Waals surface area contributed by atoms with Crippen LogP contribution in [0.2, 0.25) is 0 Å². The van der Waals surface area contributed by atoms with Gasteiger partial charge in [-0.15, -0.1) is 0 Å². The molecule has 1 atom stereocenters. The van der Waals surface area contributed by atoms with Gasteiger partial charge in [-0.05, 0) is 78.8 Å². The van der Waals surface area contributed by atoms with E-state index in [1.807, 2.05) is 17.0 Å². The predicted molar refractivity (Wildman–Crippen MR) is 165 cm³/mol. The topological polar surface area (TPSA) is 49.3 Å². The van der Waals surface area contributed by atoms with Gasteiger partial charge in [0.25, 0.3) is 5.92 Å². The summed E-state index contributed by atoms with van der Waals surface area (Å²) in [5.41, 5.74) is 4.61. The molecule has 0 radical (unpaired) electrons. The van der Waals surface area contributed by atoms with Crippen LogP contribution in [0.5, 0.6) is 0 Å². The maximum Gasteiger partial charge on any atom is 0.270 e. The molecule has 1 saturated heterocycles. The average Bonchev–Trinajstić information content (AvgIpc) is 3.12. The highest BCUT2D eigenvalue weighted by Crippen LogP contribution is 2.36. The van der Waals surface area contributed by atoms with Gasteiger partial charge in [0.05, 0.1) is 0 Å². The van der Waals surface area contributed by atoms with Crippen LogP contribution in [-0.4, -0.2) is 47.0 Å². The lowest BCUT2D eigenvalue weighted by molar-refractivity contribution is -0.131. The Bertz CT molecular complexity index is 1380. The van der Waals surface area contributed by atoms with Crippen molar-refractivity contribution in [1.82, 2.24) is 14.9 Å². The van der Waals surface area contributed by atoms with Gasteiger partial charge in [-0.1, -0.05) is 60.7 Å². The Hall–Kier alpha value is -3.87. The van der Waals surface area contributed by atoms with Crippen molar-refractivity contribution >= 4 is 23.0 Å². The number of nitrogens with zero attached hydrogens (tertiary/aromatic N) is 4. The first-order chi connectivity index (χ1) is 20.4. The molecule has 3 aromatic rings. The lowest BCUT2D eigenvalue weighted by Gasteiger charge is -2.34. The Morgan fingerprint density at radius 1 is 0.929 bits per heavy atom. The molecule has 5 nitrogen and oxygen atoms in total. The van der Waals surface area contributed by atoms with Gasteiger partial charge < -0.3 is 9.80 Å². The number of allylic oxidation sites excluding steroid dienone is 4. The van der Waals surface area contributed by atoms with E-state index in [1.54, 1.807) is 30.6 Å². The Labute approximate surface area is 248 Å². The van der Waals surface area contributed by atoms with E-state index < -0.39 is 5.92 Å². The highest BCUT2D eigenvalue weighted by molar-refractivity contribution is 5.76. The summed E-state index contributed by atoms with van der Waals surface area (Å²) in [6.07, 6.45) is 13.9. The Kier molecular flexibility index (Phi) is 9.78. The molecule has 7 heteroatoms. The maximum atomic E-state index is 14.1. The molecule has 1 aliphatic heterocycles. The molecule has 0 saturated carbocycles. The van der Waals surface area contributed by atoms with Gasteiger partial charge in [0.2, 0.25) is 11.9 Å². The number of aromatic nitrogens is 2. The Morgan fingerprint density at radius 2 is 1.67 bits per heavy atom. The van der Waals surface area contributed by atoms with E-state index in [0.717, 1.165) is 69.7 Å². The Balaban J connectivity index is 1.26. The zero-order chi connectivity index (χ0) is 29.4. The van der Waals surface area contributed by atoms with Gasteiger partial charge in [0, 0.05) is 57.5 Å². The van der Waals surface area contributed by atoms with Crippen molar-refractivity contribution in [3.05, 3.63) is 102 Å². The van der Waals surface area contributed by atoms with Crippen LogP contribution in [0.15, 0.2) is 85.2 Å². The molecule has 0 bridgehead atoms. The van der Waals surface area contributed by atoms with Crippen molar-refractivity contribution in [2.24, 2.45) is 5.92 Å². The number of piperazine rings is 1. The lowest BCUT2D eigenvalue weighted by Crippen LogP contribution is -2.49. The lowest BCUT2D eigenvalue weighted by atomic mass is 9.85. The van der Waals surface area contributed by atoms with E-state index >= 15 is 0 Å². The summed E-state index contributed by atoms with van der Waals surface area (Å²) in [7, 11) is 0. The number of hydrogen-bond acceptors (Lipinski definition) is 4. The average molecular weight is 571 g/mol. The third kappa shape index (κ3) is 7.69. The Morgan fingerprint density at radius 3 is 2.40 bits per heavy atom. The van der Waals surface area contributed by atoms with Crippen molar-refractivity contribution in [2.75, 3.05) is 31.1 Å². The van der Waals surface area contributed by atoms with E-state index in [1.165, 1.54) is 17.2 Å². The molecule has 1 aliphatic carbocycles. The number of carbonyl (C=O) groups excluding carboxylic acids is 1. The first-order valence-electron chi connectivity index (χ1n) is 15.1. The molecule has 0 spiro atoms. The molecule has 42 heavy (non-hydrogen) atoms. The molecular formula is C35H40F2N4O. The minimum Gasteiger partial charge on any atom is -0.339 e. The van der Waals surface area contributed by atoms with E-state index in [0.29, 0.717) is 25.5 Å². The van der Waals surface area contributed by atoms with E-state index in [9.17, 15) is 13.6 Å². The third-order valence-corrected chi connectivity index (χ3v) is 8.36. The molecule has 1 fully saturated rings. The predicted octanol–water partition coefficient (Wildman–Crippen LogP) is 7.76. The van der Waals surface area contributed by atoms with Gasteiger partial charge in [-0.25, -0.2) is 18.7 Å². The summed E-state index contributed by atoms with van der Waals surface area (Å²) >= 11 is 0. The van der Waals surface area contributed by atoms with Gasteiger partial charge in [0.1, 0.15) is 0 Å². The summed E-state index contributed by atoms with van der Waals surface area (Å²) < 4.78 is 28.2.